The van der Waals surface area contributed by atoms with E-state index in [-0.39, 0.29) is 17.8 Å². The van der Waals surface area contributed by atoms with Crippen LogP contribution in [0.1, 0.15) is 49.0 Å². The highest BCUT2D eigenvalue weighted by Crippen LogP contribution is 2.36. The molecule has 1 aliphatic carbocycles. The number of hydrogen-bond acceptors (Lipinski definition) is 5. The summed E-state index contributed by atoms with van der Waals surface area (Å²) in [5.41, 5.74) is 2.76. The molecule has 1 N–H and O–H groups in total. The minimum atomic E-state index is -0.573. The van der Waals surface area contributed by atoms with Crippen molar-refractivity contribution in [3.8, 4) is 5.69 Å². The minimum Gasteiger partial charge on any atom is -0.352 e. The lowest BCUT2D eigenvalue weighted by Gasteiger charge is -2.16. The maximum atomic E-state index is 13.4. The number of nitrogens with one attached hydrogen (secondary N) is 1. The van der Waals surface area contributed by atoms with Crippen molar-refractivity contribution >= 4 is 17.7 Å². The number of hydrogen-bond donors (Lipinski definition) is 1. The highest BCUT2D eigenvalue weighted by molar-refractivity contribution is 8.00. The van der Waals surface area contributed by atoms with Crippen LogP contribution in [-0.2, 0) is 4.79 Å². The van der Waals surface area contributed by atoms with Crippen LogP contribution in [0.25, 0.3) is 5.69 Å². The number of rotatable bonds is 7. The Kier molecular flexibility index (Phi) is 5.62. The van der Waals surface area contributed by atoms with Crippen LogP contribution in [0.5, 0.6) is 0 Å². The summed E-state index contributed by atoms with van der Waals surface area (Å²) in [6, 6.07) is 14.2. The van der Waals surface area contributed by atoms with Crippen molar-refractivity contribution in [2.24, 2.45) is 0 Å². The first-order chi connectivity index (χ1) is 14.0. The molecule has 1 fully saturated rings. The maximum Gasteiger partial charge on any atom is 0.238 e. The highest BCUT2D eigenvalue weighted by Gasteiger charge is 2.30. The molecular weight excluding hydrogens is 389 g/mol. The molecule has 1 unspecified atom stereocenters. The fraction of sp³-hybridized carbons (Fsp3) is 0.333. The van der Waals surface area contributed by atoms with Crippen LogP contribution >= 0.6 is 11.8 Å². The fourth-order valence-electron chi connectivity index (χ4n) is 2.94. The van der Waals surface area contributed by atoms with Gasteiger partial charge in [0.15, 0.2) is 0 Å². The normalized spacial score (nSPS) is 14.8. The molecule has 1 saturated carbocycles. The number of thioether (sulfide) groups is 1. The number of carbonyl (C=O) groups excluding carboxylic acids is 1. The molecule has 1 atom stereocenters. The van der Waals surface area contributed by atoms with Gasteiger partial charge in [0.2, 0.25) is 11.1 Å². The van der Waals surface area contributed by atoms with Crippen molar-refractivity contribution < 1.29 is 9.18 Å². The number of halogens is 1. The zero-order valence-corrected chi connectivity index (χ0v) is 17.1. The van der Waals surface area contributed by atoms with E-state index in [1.807, 2.05) is 24.3 Å². The van der Waals surface area contributed by atoms with E-state index >= 15 is 0 Å². The van der Waals surface area contributed by atoms with Crippen LogP contribution in [0.4, 0.5) is 4.39 Å². The van der Waals surface area contributed by atoms with Gasteiger partial charge in [0.1, 0.15) is 11.1 Å². The molecule has 1 aliphatic rings. The second-order valence-electron chi connectivity index (χ2n) is 7.45. The van der Waals surface area contributed by atoms with Crippen LogP contribution in [-0.4, -0.2) is 32.2 Å². The molecule has 0 spiro atoms. The fourth-order valence-corrected chi connectivity index (χ4v) is 3.94. The van der Waals surface area contributed by atoms with Crippen molar-refractivity contribution in [1.29, 1.82) is 0 Å². The molecule has 1 aromatic heterocycles. The molecule has 0 aliphatic heterocycles. The lowest BCUT2D eigenvalue weighted by Crippen LogP contribution is -2.30. The van der Waals surface area contributed by atoms with Crippen LogP contribution in [0, 0.1) is 5.82 Å². The van der Waals surface area contributed by atoms with Crippen LogP contribution in [0.2, 0.25) is 0 Å². The number of nitrogens with zero attached hydrogens (tertiary/aromatic N) is 4. The Hall–Kier alpha value is -2.74. The topological polar surface area (TPSA) is 72.7 Å². The van der Waals surface area contributed by atoms with Gasteiger partial charge in [-0.1, -0.05) is 49.9 Å². The van der Waals surface area contributed by atoms with E-state index in [0.717, 1.165) is 18.5 Å². The summed E-state index contributed by atoms with van der Waals surface area (Å²) in [6.45, 7) is 4.28. The quantitative estimate of drug-likeness (QED) is 0.594. The monoisotopic (exact) mass is 411 g/mol. The molecular formula is C21H22FN5OS. The minimum absolute atomic E-state index is 0.117. The molecule has 3 aromatic rings. The van der Waals surface area contributed by atoms with Crippen molar-refractivity contribution in [2.45, 2.75) is 49.1 Å². The van der Waals surface area contributed by atoms with Gasteiger partial charge >= 0.3 is 0 Å². The zero-order valence-electron chi connectivity index (χ0n) is 16.2. The Morgan fingerprint density at radius 2 is 1.76 bits per heavy atom. The van der Waals surface area contributed by atoms with Crippen LogP contribution in [0.15, 0.2) is 53.7 Å². The average Bonchev–Trinajstić information content (AvgIpc) is 3.41. The van der Waals surface area contributed by atoms with Crippen LogP contribution < -0.4 is 5.32 Å². The summed E-state index contributed by atoms with van der Waals surface area (Å²) in [7, 11) is 0. The third kappa shape index (κ3) is 4.64. The Morgan fingerprint density at radius 3 is 2.38 bits per heavy atom. The lowest BCUT2D eigenvalue weighted by atomic mass is 10.0. The van der Waals surface area contributed by atoms with E-state index < -0.39 is 5.25 Å². The molecule has 4 rings (SSSR count). The van der Waals surface area contributed by atoms with E-state index in [1.165, 1.54) is 29.5 Å². The van der Waals surface area contributed by atoms with E-state index in [4.69, 9.17) is 0 Å². The summed E-state index contributed by atoms with van der Waals surface area (Å²) in [5.74, 6) is -0.0234. The number of tetrazole rings is 1. The van der Waals surface area contributed by atoms with Gasteiger partial charge in [-0.3, -0.25) is 4.79 Å². The van der Waals surface area contributed by atoms with Gasteiger partial charge in [0, 0.05) is 6.04 Å². The molecule has 150 valence electrons. The molecule has 1 amide bonds. The third-order valence-corrected chi connectivity index (χ3v) is 5.99. The maximum absolute atomic E-state index is 13.4. The van der Waals surface area contributed by atoms with Gasteiger partial charge in [-0.25, -0.2) is 4.39 Å². The second kappa shape index (κ2) is 8.32. The summed E-state index contributed by atoms with van der Waals surface area (Å²) < 4.78 is 15.0. The molecule has 1 heterocycles. The summed E-state index contributed by atoms with van der Waals surface area (Å²) in [5, 5.41) is 15.0. The third-order valence-electron chi connectivity index (χ3n) is 4.80. The van der Waals surface area contributed by atoms with E-state index in [9.17, 15) is 9.18 Å². The van der Waals surface area contributed by atoms with Gasteiger partial charge in [-0.2, -0.15) is 4.68 Å². The van der Waals surface area contributed by atoms with Crippen molar-refractivity contribution in [2.75, 3.05) is 0 Å². The summed E-state index contributed by atoms with van der Waals surface area (Å²) in [4.78, 5) is 12.9. The van der Waals surface area contributed by atoms with Gasteiger partial charge in [0.25, 0.3) is 0 Å². The number of amides is 1. The van der Waals surface area contributed by atoms with Crippen molar-refractivity contribution in [3.05, 3.63) is 65.5 Å². The highest BCUT2D eigenvalue weighted by atomic mass is 32.2. The van der Waals surface area contributed by atoms with Gasteiger partial charge in [-0.15, -0.1) is 5.10 Å². The molecule has 0 bridgehead atoms. The Labute approximate surface area is 172 Å². The molecule has 6 nitrogen and oxygen atoms in total. The molecule has 8 heteroatoms. The number of benzene rings is 2. The zero-order chi connectivity index (χ0) is 20.4. The summed E-state index contributed by atoms with van der Waals surface area (Å²) >= 11 is 1.26. The average molecular weight is 412 g/mol. The first kappa shape index (κ1) is 19.6. The largest absolute Gasteiger partial charge is 0.352 e. The van der Waals surface area contributed by atoms with Gasteiger partial charge in [-0.05, 0) is 64.6 Å². The Morgan fingerprint density at radius 1 is 1.10 bits per heavy atom. The standard InChI is InChI=1S/C21H22FN5OS/c1-13(2)14-5-11-18(12-6-14)27-21(24-25-26-27)29-19(20(28)23-17-9-10-17)15-3-7-16(22)8-4-15/h3-8,11-13,17,19H,9-10H2,1-2H3,(H,23,28). The predicted molar refractivity (Wildman–Crippen MR) is 109 cm³/mol. The van der Waals surface area contributed by atoms with Gasteiger partial charge in [0.05, 0.1) is 5.69 Å². The smallest absolute Gasteiger partial charge is 0.238 e. The first-order valence-electron chi connectivity index (χ1n) is 9.62. The number of carbonyl (C=O) groups is 1. The van der Waals surface area contributed by atoms with E-state index in [1.54, 1.807) is 16.8 Å². The lowest BCUT2D eigenvalue weighted by molar-refractivity contribution is -0.120. The predicted octanol–water partition coefficient (Wildman–Crippen LogP) is 4.04. The molecule has 0 saturated heterocycles. The summed E-state index contributed by atoms with van der Waals surface area (Å²) in [6.07, 6.45) is 1.99. The van der Waals surface area contributed by atoms with Gasteiger partial charge < -0.3 is 5.32 Å². The van der Waals surface area contributed by atoms with E-state index in [0.29, 0.717) is 16.6 Å². The Balaban J connectivity index is 1.61. The molecule has 29 heavy (non-hydrogen) atoms. The van der Waals surface area contributed by atoms with Crippen molar-refractivity contribution in [1.82, 2.24) is 25.5 Å². The SMILES string of the molecule is CC(C)c1ccc(-n2nnnc2SC(C(=O)NC2CC2)c2ccc(F)cc2)cc1. The van der Waals surface area contributed by atoms with Crippen LogP contribution in [0.3, 0.4) is 0 Å². The molecule has 0 radical (unpaired) electrons. The first-order valence-corrected chi connectivity index (χ1v) is 10.5. The van der Waals surface area contributed by atoms with Crippen molar-refractivity contribution in [3.63, 3.8) is 0 Å². The number of aromatic nitrogens is 4. The molecule has 2 aromatic carbocycles. The van der Waals surface area contributed by atoms with E-state index in [2.05, 4.69) is 34.7 Å². The Bertz CT molecular complexity index is 983. The second-order valence-corrected chi connectivity index (χ2v) is 8.52.